The second-order valence-corrected chi connectivity index (χ2v) is 8.35. The summed E-state index contributed by atoms with van der Waals surface area (Å²) in [7, 11) is -2.26. The van der Waals surface area contributed by atoms with E-state index in [1.807, 2.05) is 6.92 Å². The van der Waals surface area contributed by atoms with Crippen LogP contribution in [0.15, 0.2) is 51.8 Å². The highest BCUT2D eigenvalue weighted by atomic mass is 79.9. The number of halogens is 1. The molecule has 1 amide bonds. The second-order valence-electron chi connectivity index (χ2n) is 5.81. The standard InChI is InChI=1S/C19H23BrN2O5S/c1-3-27-18-9-8-15(13-17(18)20)22-28(24,25)16-7-4-6-14(12-16)19(23)21-10-5-11-26-2/h4,6-9,12-13,22H,3,5,10-11H2,1-2H3,(H,21,23). The van der Waals surface area contributed by atoms with Crippen LogP contribution in [0.2, 0.25) is 0 Å². The Morgan fingerprint density at radius 1 is 1.18 bits per heavy atom. The van der Waals surface area contributed by atoms with Crippen molar-refractivity contribution in [3.63, 3.8) is 0 Å². The number of hydrogen-bond acceptors (Lipinski definition) is 5. The minimum Gasteiger partial charge on any atom is -0.493 e. The zero-order chi connectivity index (χ0) is 20.6. The SMILES string of the molecule is CCOc1ccc(NS(=O)(=O)c2cccc(C(=O)NCCCOC)c2)cc1Br. The number of amides is 1. The molecule has 7 nitrogen and oxygen atoms in total. The van der Waals surface area contributed by atoms with Gasteiger partial charge in [0.05, 0.1) is 21.7 Å². The summed E-state index contributed by atoms with van der Waals surface area (Å²) in [6.07, 6.45) is 0.675. The predicted molar refractivity (Wildman–Crippen MR) is 111 cm³/mol. The molecule has 9 heteroatoms. The lowest BCUT2D eigenvalue weighted by atomic mass is 10.2. The number of rotatable bonds is 10. The molecule has 0 atom stereocenters. The fourth-order valence-electron chi connectivity index (χ4n) is 2.38. The van der Waals surface area contributed by atoms with Crippen molar-refractivity contribution in [3.05, 3.63) is 52.5 Å². The van der Waals surface area contributed by atoms with Crippen molar-refractivity contribution in [2.75, 3.05) is 31.6 Å². The molecule has 0 aliphatic carbocycles. The molecule has 28 heavy (non-hydrogen) atoms. The molecule has 0 aromatic heterocycles. The van der Waals surface area contributed by atoms with E-state index in [0.717, 1.165) is 0 Å². The van der Waals surface area contributed by atoms with E-state index < -0.39 is 10.0 Å². The summed E-state index contributed by atoms with van der Waals surface area (Å²) in [5.74, 6) is 0.287. The third kappa shape index (κ3) is 6.22. The molecule has 2 aromatic carbocycles. The van der Waals surface area contributed by atoms with Gasteiger partial charge in [-0.1, -0.05) is 6.07 Å². The van der Waals surface area contributed by atoms with E-state index in [0.29, 0.717) is 42.1 Å². The van der Waals surface area contributed by atoms with Crippen LogP contribution in [-0.2, 0) is 14.8 Å². The molecule has 0 aliphatic rings. The summed E-state index contributed by atoms with van der Waals surface area (Å²) in [5, 5.41) is 2.73. The number of carbonyl (C=O) groups excluding carboxylic acids is 1. The van der Waals surface area contributed by atoms with Gasteiger partial charge < -0.3 is 14.8 Å². The molecule has 0 saturated heterocycles. The first-order valence-electron chi connectivity index (χ1n) is 8.69. The molecular weight excluding hydrogens is 448 g/mol. The highest BCUT2D eigenvalue weighted by Crippen LogP contribution is 2.29. The molecule has 2 N–H and O–H groups in total. The molecule has 0 unspecified atom stereocenters. The molecule has 0 spiro atoms. The van der Waals surface area contributed by atoms with Crippen molar-refractivity contribution >= 4 is 37.5 Å². The van der Waals surface area contributed by atoms with Gasteiger partial charge in [-0.05, 0) is 65.7 Å². The number of methoxy groups -OCH3 is 1. The van der Waals surface area contributed by atoms with Gasteiger partial charge in [0.1, 0.15) is 5.75 Å². The molecule has 152 valence electrons. The van der Waals surface area contributed by atoms with Crippen LogP contribution in [0.3, 0.4) is 0 Å². The minimum atomic E-state index is -3.85. The lowest BCUT2D eigenvalue weighted by Crippen LogP contribution is -2.25. The lowest BCUT2D eigenvalue weighted by Gasteiger charge is -2.12. The first-order valence-corrected chi connectivity index (χ1v) is 11.0. The fourth-order valence-corrected chi connectivity index (χ4v) is 3.96. The quantitative estimate of drug-likeness (QED) is 0.518. The van der Waals surface area contributed by atoms with Crippen LogP contribution in [0, 0.1) is 0 Å². The van der Waals surface area contributed by atoms with Crippen molar-refractivity contribution in [2.45, 2.75) is 18.2 Å². The molecule has 0 saturated carbocycles. The molecule has 0 heterocycles. The largest absolute Gasteiger partial charge is 0.493 e. The van der Waals surface area contributed by atoms with Gasteiger partial charge in [-0.3, -0.25) is 9.52 Å². The van der Waals surface area contributed by atoms with E-state index in [4.69, 9.17) is 9.47 Å². The van der Waals surface area contributed by atoms with Gasteiger partial charge >= 0.3 is 0 Å². The summed E-state index contributed by atoms with van der Waals surface area (Å²) in [4.78, 5) is 12.2. The Labute approximate surface area is 173 Å². The van der Waals surface area contributed by atoms with E-state index in [2.05, 4.69) is 26.0 Å². The lowest BCUT2D eigenvalue weighted by molar-refractivity contribution is 0.0948. The van der Waals surface area contributed by atoms with E-state index in [1.165, 1.54) is 18.2 Å². The third-order valence-corrected chi connectivity index (χ3v) is 5.70. The summed E-state index contributed by atoms with van der Waals surface area (Å²) in [6, 6.07) is 10.8. The molecular formula is C19H23BrN2O5S. The average molecular weight is 471 g/mol. The number of ether oxygens (including phenoxy) is 2. The summed E-state index contributed by atoms with van der Waals surface area (Å²) < 4.78 is 38.9. The molecule has 0 radical (unpaired) electrons. The third-order valence-electron chi connectivity index (χ3n) is 3.70. The number of hydrogen-bond donors (Lipinski definition) is 2. The van der Waals surface area contributed by atoms with Crippen LogP contribution in [-0.4, -0.2) is 41.2 Å². The van der Waals surface area contributed by atoms with Gasteiger partial charge in [0, 0.05) is 25.8 Å². The predicted octanol–water partition coefficient (Wildman–Crippen LogP) is 3.41. The Morgan fingerprint density at radius 2 is 1.96 bits per heavy atom. The molecule has 2 rings (SSSR count). The highest BCUT2D eigenvalue weighted by Gasteiger charge is 2.17. The van der Waals surface area contributed by atoms with Gasteiger partial charge in [0.15, 0.2) is 0 Å². The zero-order valence-corrected chi connectivity index (χ0v) is 18.1. The Balaban J connectivity index is 2.13. The van der Waals surface area contributed by atoms with E-state index in [1.54, 1.807) is 31.4 Å². The first-order chi connectivity index (χ1) is 13.4. The van der Waals surface area contributed by atoms with Gasteiger partial charge in [0.2, 0.25) is 0 Å². The molecule has 0 aliphatic heterocycles. The fraction of sp³-hybridized carbons (Fsp3) is 0.316. The Bertz CT molecular complexity index is 918. The summed E-state index contributed by atoms with van der Waals surface area (Å²) in [5.41, 5.74) is 0.651. The van der Waals surface area contributed by atoms with Crippen LogP contribution >= 0.6 is 15.9 Å². The van der Waals surface area contributed by atoms with Crippen molar-refractivity contribution in [3.8, 4) is 5.75 Å². The zero-order valence-electron chi connectivity index (χ0n) is 15.7. The smallest absolute Gasteiger partial charge is 0.261 e. The van der Waals surface area contributed by atoms with E-state index in [9.17, 15) is 13.2 Å². The summed E-state index contributed by atoms with van der Waals surface area (Å²) >= 11 is 3.36. The topological polar surface area (TPSA) is 93.7 Å². The van der Waals surface area contributed by atoms with Gasteiger partial charge in [-0.2, -0.15) is 0 Å². The number of anilines is 1. The second kappa shape index (κ2) is 10.4. The maximum atomic E-state index is 12.7. The molecule has 0 fully saturated rings. The average Bonchev–Trinajstić information content (AvgIpc) is 2.67. The number of sulfonamides is 1. The van der Waals surface area contributed by atoms with Crippen LogP contribution in [0.1, 0.15) is 23.7 Å². The van der Waals surface area contributed by atoms with Gasteiger partial charge in [-0.25, -0.2) is 8.42 Å². The van der Waals surface area contributed by atoms with E-state index >= 15 is 0 Å². The van der Waals surface area contributed by atoms with Gasteiger partial charge in [0.25, 0.3) is 15.9 Å². The Morgan fingerprint density at radius 3 is 2.64 bits per heavy atom. The minimum absolute atomic E-state index is 0.00190. The van der Waals surface area contributed by atoms with Crippen molar-refractivity contribution < 1.29 is 22.7 Å². The van der Waals surface area contributed by atoms with Crippen molar-refractivity contribution in [1.29, 1.82) is 0 Å². The number of carbonyl (C=O) groups is 1. The first kappa shape index (κ1) is 22.2. The Kier molecular flexibility index (Phi) is 8.28. The van der Waals surface area contributed by atoms with E-state index in [-0.39, 0.29) is 16.4 Å². The van der Waals surface area contributed by atoms with Crippen LogP contribution in [0.4, 0.5) is 5.69 Å². The number of benzene rings is 2. The molecule has 0 bridgehead atoms. The monoisotopic (exact) mass is 470 g/mol. The highest BCUT2D eigenvalue weighted by molar-refractivity contribution is 9.10. The maximum Gasteiger partial charge on any atom is 0.261 e. The van der Waals surface area contributed by atoms with Crippen LogP contribution in [0.5, 0.6) is 5.75 Å². The maximum absolute atomic E-state index is 12.7. The Hall–Kier alpha value is -2.10. The van der Waals surface area contributed by atoms with Crippen molar-refractivity contribution in [2.24, 2.45) is 0 Å². The normalized spacial score (nSPS) is 11.1. The summed E-state index contributed by atoms with van der Waals surface area (Å²) in [6.45, 7) is 3.35. The number of nitrogens with one attached hydrogen (secondary N) is 2. The van der Waals surface area contributed by atoms with Crippen LogP contribution < -0.4 is 14.8 Å². The van der Waals surface area contributed by atoms with Crippen molar-refractivity contribution in [1.82, 2.24) is 5.32 Å². The van der Waals surface area contributed by atoms with Gasteiger partial charge in [-0.15, -0.1) is 0 Å². The van der Waals surface area contributed by atoms with Crippen LogP contribution in [0.25, 0.3) is 0 Å². The molecule has 2 aromatic rings.